The van der Waals surface area contributed by atoms with Crippen molar-refractivity contribution in [3.63, 3.8) is 0 Å². The minimum Gasteiger partial charge on any atom is -0.472 e. The van der Waals surface area contributed by atoms with Gasteiger partial charge in [-0.25, -0.2) is 0 Å². The molecule has 184 valence electrons. The monoisotopic (exact) mass is 455 g/mol. The van der Waals surface area contributed by atoms with Crippen LogP contribution in [0, 0.1) is 28.6 Å². The second kappa shape index (κ2) is 8.68. The van der Waals surface area contributed by atoms with Gasteiger partial charge in [-0.15, -0.1) is 0 Å². The molecule has 0 bridgehead atoms. The van der Waals surface area contributed by atoms with Gasteiger partial charge < -0.3 is 19.2 Å². The lowest BCUT2D eigenvalue weighted by Crippen LogP contribution is -2.63. The molecule has 4 saturated carbocycles. The van der Waals surface area contributed by atoms with Crippen LogP contribution in [0.2, 0.25) is 0 Å². The highest BCUT2D eigenvalue weighted by Crippen LogP contribution is 2.70. The molecular weight excluding hydrogens is 410 g/mol. The fraction of sp³-hybridized carbons (Fsp3) is 0.862. The molecule has 6 rings (SSSR count). The molecule has 0 aromatic carbocycles. The summed E-state index contributed by atoms with van der Waals surface area (Å²) in [5, 5.41) is 12.7. The van der Waals surface area contributed by atoms with Crippen molar-refractivity contribution in [2.24, 2.45) is 28.6 Å². The van der Waals surface area contributed by atoms with Gasteiger partial charge >= 0.3 is 0 Å². The van der Waals surface area contributed by atoms with Gasteiger partial charge in [0.2, 0.25) is 0 Å². The molecule has 0 radical (unpaired) electrons. The Bertz CT molecular complexity index is 804. The van der Waals surface area contributed by atoms with Gasteiger partial charge in [-0.05, 0) is 118 Å². The van der Waals surface area contributed by atoms with Crippen molar-refractivity contribution in [3.05, 3.63) is 24.2 Å². The van der Waals surface area contributed by atoms with E-state index in [1.807, 2.05) is 12.5 Å². The number of fused-ring (bicyclic) bond motifs is 5. The molecule has 4 heteroatoms. The van der Waals surface area contributed by atoms with E-state index >= 15 is 0 Å². The van der Waals surface area contributed by atoms with Crippen molar-refractivity contribution < 1.29 is 14.3 Å². The Labute approximate surface area is 200 Å². The average Bonchev–Trinajstić information content (AvgIpc) is 3.57. The molecule has 33 heavy (non-hydrogen) atoms. The summed E-state index contributed by atoms with van der Waals surface area (Å²) < 4.78 is 12.1. The number of furan rings is 1. The van der Waals surface area contributed by atoms with E-state index in [4.69, 9.17) is 9.15 Å². The molecule has 4 aliphatic carbocycles. The Kier molecular flexibility index (Phi) is 5.94. The van der Waals surface area contributed by atoms with Crippen LogP contribution in [-0.2, 0) is 4.74 Å². The first-order valence-corrected chi connectivity index (χ1v) is 14.1. The van der Waals surface area contributed by atoms with Crippen LogP contribution < -0.4 is 0 Å². The highest BCUT2D eigenvalue weighted by Gasteiger charge is 2.69. The molecule has 4 nitrogen and oxygen atoms in total. The topological polar surface area (TPSA) is 45.8 Å². The normalized spacial score (nSPS) is 45.5. The molecule has 7 atom stereocenters. The van der Waals surface area contributed by atoms with Gasteiger partial charge in [0, 0.05) is 12.0 Å². The van der Waals surface area contributed by atoms with E-state index in [0.29, 0.717) is 29.8 Å². The maximum absolute atomic E-state index is 12.7. The van der Waals surface area contributed by atoms with Gasteiger partial charge in [0.15, 0.2) is 0 Å². The largest absolute Gasteiger partial charge is 0.472 e. The second-order valence-corrected chi connectivity index (χ2v) is 12.6. The molecule has 1 aromatic rings. The number of hydrogen-bond acceptors (Lipinski definition) is 4. The summed E-state index contributed by atoms with van der Waals surface area (Å²) in [5.74, 6) is 2.35. The molecular formula is C29H45NO3. The van der Waals surface area contributed by atoms with Crippen LogP contribution in [0.5, 0.6) is 0 Å². The molecule has 0 unspecified atom stereocenters. The molecule has 5 fully saturated rings. The Morgan fingerprint density at radius 2 is 1.88 bits per heavy atom. The van der Waals surface area contributed by atoms with Gasteiger partial charge in [0.25, 0.3) is 0 Å². The van der Waals surface area contributed by atoms with Crippen molar-refractivity contribution >= 4 is 0 Å². The summed E-state index contributed by atoms with van der Waals surface area (Å²) in [5.41, 5.74) is 0.954. The first kappa shape index (κ1) is 22.6. The Morgan fingerprint density at radius 1 is 1.00 bits per heavy atom. The van der Waals surface area contributed by atoms with Crippen molar-refractivity contribution in [1.82, 2.24) is 4.90 Å². The molecule has 0 spiro atoms. The first-order chi connectivity index (χ1) is 16.1. The standard InChI is InChI=1S/C29H45NO3/c1-27-12-3-2-6-23(27)7-8-26-25(27)9-13-28(21-33-19-17-30-15-4-5-16-30)24(10-14-29(26,28)31)22-11-18-32-20-22/h11,18,20,23-26,31H,2-10,12-17,19,21H2,1H3/t23-,24-,25-,26+,27-,28-,29-/m0/s1. The number of nitrogens with zero attached hydrogens (tertiary/aromatic N) is 1. The zero-order valence-corrected chi connectivity index (χ0v) is 20.8. The summed E-state index contributed by atoms with van der Waals surface area (Å²) in [6.45, 7) is 7.58. The minimum atomic E-state index is -0.600. The molecule has 2 heterocycles. The highest BCUT2D eigenvalue weighted by atomic mass is 16.5. The quantitative estimate of drug-likeness (QED) is 0.534. The van der Waals surface area contributed by atoms with Gasteiger partial charge in [0.05, 0.1) is 31.3 Å². The lowest BCUT2D eigenvalue weighted by molar-refractivity contribution is -0.220. The third kappa shape index (κ3) is 3.49. The molecule has 0 amide bonds. The molecule has 1 N–H and O–H groups in total. The highest BCUT2D eigenvalue weighted by molar-refractivity contribution is 5.28. The van der Waals surface area contributed by atoms with E-state index < -0.39 is 5.60 Å². The van der Waals surface area contributed by atoms with Gasteiger partial charge in [-0.1, -0.05) is 19.8 Å². The summed E-state index contributed by atoms with van der Waals surface area (Å²) in [7, 11) is 0. The lowest BCUT2D eigenvalue weighted by atomic mass is 9.43. The van der Waals surface area contributed by atoms with E-state index in [-0.39, 0.29) is 5.41 Å². The summed E-state index contributed by atoms with van der Waals surface area (Å²) in [4.78, 5) is 2.54. The van der Waals surface area contributed by atoms with E-state index in [0.717, 1.165) is 38.3 Å². The summed E-state index contributed by atoms with van der Waals surface area (Å²) in [6.07, 6.45) is 18.9. The fourth-order valence-electron chi connectivity index (χ4n) is 9.80. The maximum Gasteiger partial charge on any atom is 0.0937 e. The first-order valence-electron chi connectivity index (χ1n) is 14.1. The molecule has 1 aliphatic heterocycles. The minimum absolute atomic E-state index is 0.166. The SMILES string of the molecule is C[C@]12CCCC[C@H]1CC[C@@H]1[C@@H]2CC[C@]2(COCCN3CCCC3)[C@H](c3ccoc3)CC[C@]12O. The van der Waals surface area contributed by atoms with Crippen LogP contribution in [0.1, 0.15) is 95.5 Å². The van der Waals surface area contributed by atoms with E-state index in [9.17, 15) is 5.11 Å². The smallest absolute Gasteiger partial charge is 0.0937 e. The van der Waals surface area contributed by atoms with Crippen molar-refractivity contribution in [3.8, 4) is 0 Å². The second-order valence-electron chi connectivity index (χ2n) is 12.6. The maximum atomic E-state index is 12.7. The Hall–Kier alpha value is -0.840. The zero-order valence-electron chi connectivity index (χ0n) is 20.8. The molecule has 5 aliphatic rings. The van der Waals surface area contributed by atoms with Crippen molar-refractivity contribution in [1.29, 1.82) is 0 Å². The molecule has 1 aromatic heterocycles. The summed E-state index contributed by atoms with van der Waals surface area (Å²) in [6, 6.07) is 2.15. The number of hydrogen-bond donors (Lipinski definition) is 1. The third-order valence-electron chi connectivity index (χ3n) is 11.5. The van der Waals surface area contributed by atoms with Gasteiger partial charge in [-0.3, -0.25) is 0 Å². The number of likely N-dealkylation sites (tertiary alicyclic amines) is 1. The van der Waals surface area contributed by atoms with Crippen LogP contribution in [0.15, 0.2) is 23.0 Å². The number of rotatable bonds is 6. The number of ether oxygens (including phenoxy) is 1. The average molecular weight is 456 g/mol. The van der Waals surface area contributed by atoms with Crippen LogP contribution in [-0.4, -0.2) is 48.5 Å². The van der Waals surface area contributed by atoms with Crippen LogP contribution >= 0.6 is 0 Å². The van der Waals surface area contributed by atoms with Crippen molar-refractivity contribution in [2.75, 3.05) is 32.8 Å². The molecule has 1 saturated heterocycles. The van der Waals surface area contributed by atoms with Crippen LogP contribution in [0.3, 0.4) is 0 Å². The van der Waals surface area contributed by atoms with Gasteiger partial charge in [-0.2, -0.15) is 0 Å². The van der Waals surface area contributed by atoms with Gasteiger partial charge in [0.1, 0.15) is 0 Å². The zero-order chi connectivity index (χ0) is 22.5. The van der Waals surface area contributed by atoms with E-state index in [1.54, 1.807) is 0 Å². The van der Waals surface area contributed by atoms with E-state index in [1.165, 1.54) is 76.4 Å². The Morgan fingerprint density at radius 3 is 2.70 bits per heavy atom. The summed E-state index contributed by atoms with van der Waals surface area (Å²) >= 11 is 0. The van der Waals surface area contributed by atoms with Crippen LogP contribution in [0.4, 0.5) is 0 Å². The fourth-order valence-corrected chi connectivity index (χ4v) is 9.80. The van der Waals surface area contributed by atoms with Crippen molar-refractivity contribution in [2.45, 2.75) is 95.5 Å². The third-order valence-corrected chi connectivity index (χ3v) is 11.5. The Balaban J connectivity index is 1.27. The van der Waals surface area contributed by atoms with E-state index in [2.05, 4.69) is 17.9 Å². The number of aliphatic hydroxyl groups is 1. The predicted molar refractivity (Wildman–Crippen MR) is 130 cm³/mol. The predicted octanol–water partition coefficient (Wildman–Crippen LogP) is 6.00. The lowest BCUT2D eigenvalue weighted by Gasteiger charge is -2.63. The van der Waals surface area contributed by atoms with Crippen LogP contribution in [0.25, 0.3) is 0 Å².